The number of thioether (sulfide) groups is 2. The van der Waals surface area contributed by atoms with Crippen molar-refractivity contribution in [1.82, 2.24) is 0 Å². The Kier molecular flexibility index (Phi) is 4.84. The summed E-state index contributed by atoms with van der Waals surface area (Å²) in [5.74, 6) is 2.47. The molecule has 1 N–H and O–H groups in total. The van der Waals surface area contributed by atoms with Gasteiger partial charge in [-0.25, -0.2) is 0 Å². The van der Waals surface area contributed by atoms with Crippen LogP contribution in [0.25, 0.3) is 0 Å². The van der Waals surface area contributed by atoms with Crippen molar-refractivity contribution >= 4 is 23.5 Å². The Morgan fingerprint density at radius 1 is 1.33 bits per heavy atom. The van der Waals surface area contributed by atoms with Crippen LogP contribution < -0.4 is 0 Å². The first-order valence-corrected chi connectivity index (χ1v) is 6.80. The summed E-state index contributed by atoms with van der Waals surface area (Å²) in [5.41, 5.74) is 0. The van der Waals surface area contributed by atoms with Gasteiger partial charge in [0.2, 0.25) is 0 Å². The number of hydrogen-bond acceptors (Lipinski definition) is 3. The maximum atomic E-state index is 9.75. The molecule has 1 rings (SSSR count). The highest BCUT2D eigenvalue weighted by Crippen LogP contribution is 2.35. The van der Waals surface area contributed by atoms with Crippen molar-refractivity contribution in [1.29, 1.82) is 0 Å². The van der Waals surface area contributed by atoms with Crippen LogP contribution in [0, 0.1) is 0 Å². The molecular weight excluding hydrogens is 188 g/mol. The van der Waals surface area contributed by atoms with E-state index in [0.29, 0.717) is 10.5 Å². The number of aliphatic hydroxyl groups excluding tert-OH is 1. The van der Waals surface area contributed by atoms with Crippen molar-refractivity contribution in [3.8, 4) is 0 Å². The molecule has 1 nitrogen and oxygen atoms in total. The zero-order valence-corrected chi connectivity index (χ0v) is 9.46. The summed E-state index contributed by atoms with van der Waals surface area (Å²) >= 11 is 3.99. The Hall–Kier alpha value is 0.660. The fraction of sp³-hybridized carbons (Fsp3) is 1.00. The van der Waals surface area contributed by atoms with Gasteiger partial charge in [-0.1, -0.05) is 13.8 Å². The van der Waals surface area contributed by atoms with E-state index in [9.17, 15) is 5.11 Å². The summed E-state index contributed by atoms with van der Waals surface area (Å²) in [6.07, 6.45) is 2.00. The van der Waals surface area contributed by atoms with E-state index in [-0.39, 0.29) is 6.10 Å². The molecule has 0 radical (unpaired) electrons. The Bertz CT molecular complexity index is 130. The molecule has 1 saturated heterocycles. The van der Waals surface area contributed by atoms with Crippen molar-refractivity contribution in [3.63, 3.8) is 0 Å². The van der Waals surface area contributed by atoms with Gasteiger partial charge < -0.3 is 5.11 Å². The lowest BCUT2D eigenvalue weighted by Gasteiger charge is -2.32. The van der Waals surface area contributed by atoms with Crippen molar-refractivity contribution in [3.05, 3.63) is 0 Å². The Labute approximate surface area is 83.7 Å². The summed E-state index contributed by atoms with van der Waals surface area (Å²) in [5, 5.41) is 10.9. The van der Waals surface area contributed by atoms with Gasteiger partial charge in [0.05, 0.1) is 6.10 Å². The van der Waals surface area contributed by atoms with Gasteiger partial charge in [0.1, 0.15) is 0 Å². The quantitative estimate of drug-likeness (QED) is 0.765. The SMILES string of the molecule is CCC(O)C1SCCSC1CC. The van der Waals surface area contributed by atoms with Crippen LogP contribution in [0.5, 0.6) is 0 Å². The second-order valence-electron chi connectivity index (χ2n) is 3.13. The molecule has 0 aromatic rings. The highest BCUT2D eigenvalue weighted by atomic mass is 32.2. The van der Waals surface area contributed by atoms with Gasteiger partial charge in [-0.05, 0) is 12.8 Å². The summed E-state index contributed by atoms with van der Waals surface area (Å²) in [6, 6.07) is 0. The van der Waals surface area contributed by atoms with Gasteiger partial charge in [-0.3, -0.25) is 0 Å². The maximum Gasteiger partial charge on any atom is 0.0666 e. The normalized spacial score (nSPS) is 33.2. The molecule has 12 heavy (non-hydrogen) atoms. The third-order valence-corrected chi connectivity index (χ3v) is 5.68. The van der Waals surface area contributed by atoms with E-state index in [4.69, 9.17) is 0 Å². The molecule has 3 atom stereocenters. The Morgan fingerprint density at radius 3 is 2.58 bits per heavy atom. The lowest BCUT2D eigenvalue weighted by Crippen LogP contribution is -2.35. The molecule has 3 heteroatoms. The van der Waals surface area contributed by atoms with Gasteiger partial charge in [0.15, 0.2) is 0 Å². The van der Waals surface area contributed by atoms with E-state index in [1.54, 1.807) is 0 Å². The summed E-state index contributed by atoms with van der Waals surface area (Å²) in [7, 11) is 0. The third kappa shape index (κ3) is 2.57. The molecule has 1 aliphatic rings. The van der Waals surface area contributed by atoms with Crippen LogP contribution >= 0.6 is 23.5 Å². The van der Waals surface area contributed by atoms with Gasteiger partial charge in [-0.2, -0.15) is 23.5 Å². The zero-order chi connectivity index (χ0) is 8.97. The second-order valence-corrected chi connectivity index (χ2v) is 5.76. The first kappa shape index (κ1) is 10.7. The molecule has 0 aromatic carbocycles. The molecule has 1 fully saturated rings. The summed E-state index contributed by atoms with van der Waals surface area (Å²) in [4.78, 5) is 0. The van der Waals surface area contributed by atoms with Gasteiger partial charge in [0, 0.05) is 22.0 Å². The minimum Gasteiger partial charge on any atom is -0.392 e. The standard InChI is InChI=1S/C9H18OS2/c1-3-7(10)9-8(4-2)11-5-6-12-9/h7-10H,3-6H2,1-2H3. The fourth-order valence-corrected chi connectivity index (χ4v) is 4.77. The lowest BCUT2D eigenvalue weighted by atomic mass is 10.1. The van der Waals surface area contributed by atoms with Crippen LogP contribution in [0.3, 0.4) is 0 Å². The molecule has 0 aliphatic carbocycles. The monoisotopic (exact) mass is 206 g/mol. The van der Waals surface area contributed by atoms with Gasteiger partial charge >= 0.3 is 0 Å². The average Bonchev–Trinajstić information content (AvgIpc) is 2.16. The van der Waals surface area contributed by atoms with Crippen molar-refractivity contribution in [2.75, 3.05) is 11.5 Å². The van der Waals surface area contributed by atoms with Crippen LogP contribution in [-0.4, -0.2) is 33.2 Å². The van der Waals surface area contributed by atoms with Crippen LogP contribution in [0.1, 0.15) is 26.7 Å². The predicted octanol–water partition coefficient (Wildman–Crippen LogP) is 2.38. The molecule has 0 saturated carbocycles. The Balaban J connectivity index is 2.46. The molecule has 72 valence electrons. The van der Waals surface area contributed by atoms with E-state index < -0.39 is 0 Å². The van der Waals surface area contributed by atoms with Crippen LogP contribution in [0.4, 0.5) is 0 Å². The fourth-order valence-electron chi connectivity index (χ4n) is 1.53. The van der Waals surface area contributed by atoms with Crippen LogP contribution in [-0.2, 0) is 0 Å². The smallest absolute Gasteiger partial charge is 0.0666 e. The van der Waals surface area contributed by atoms with E-state index in [0.717, 1.165) is 6.42 Å². The minimum absolute atomic E-state index is 0.0900. The second kappa shape index (κ2) is 5.40. The molecule has 0 aromatic heterocycles. The number of aliphatic hydroxyl groups is 1. The van der Waals surface area contributed by atoms with Crippen molar-refractivity contribution in [2.45, 2.75) is 43.3 Å². The van der Waals surface area contributed by atoms with Crippen molar-refractivity contribution in [2.24, 2.45) is 0 Å². The highest BCUT2D eigenvalue weighted by Gasteiger charge is 2.29. The Morgan fingerprint density at radius 2 is 2.00 bits per heavy atom. The highest BCUT2D eigenvalue weighted by molar-refractivity contribution is 8.07. The average molecular weight is 206 g/mol. The predicted molar refractivity (Wildman–Crippen MR) is 59.1 cm³/mol. The molecule has 1 aliphatic heterocycles. The molecule has 0 amide bonds. The van der Waals surface area contributed by atoms with Gasteiger partial charge in [-0.15, -0.1) is 0 Å². The molecule has 1 heterocycles. The van der Waals surface area contributed by atoms with E-state index >= 15 is 0 Å². The van der Waals surface area contributed by atoms with Crippen LogP contribution in [0.15, 0.2) is 0 Å². The van der Waals surface area contributed by atoms with E-state index in [1.807, 2.05) is 23.5 Å². The summed E-state index contributed by atoms with van der Waals surface area (Å²) in [6.45, 7) is 4.29. The molecular formula is C9H18OS2. The molecule has 0 bridgehead atoms. The number of rotatable bonds is 3. The summed E-state index contributed by atoms with van der Waals surface area (Å²) < 4.78 is 0. The largest absolute Gasteiger partial charge is 0.392 e. The van der Waals surface area contributed by atoms with E-state index in [2.05, 4.69) is 13.8 Å². The first-order valence-electron chi connectivity index (χ1n) is 4.70. The van der Waals surface area contributed by atoms with Crippen molar-refractivity contribution < 1.29 is 5.11 Å². The van der Waals surface area contributed by atoms with Crippen LogP contribution in [0.2, 0.25) is 0 Å². The first-order chi connectivity index (χ1) is 5.79. The number of hydrogen-bond donors (Lipinski definition) is 1. The van der Waals surface area contributed by atoms with E-state index in [1.165, 1.54) is 17.9 Å². The topological polar surface area (TPSA) is 20.2 Å². The lowest BCUT2D eigenvalue weighted by molar-refractivity contribution is 0.165. The third-order valence-electron chi connectivity index (χ3n) is 2.29. The molecule has 0 spiro atoms. The zero-order valence-electron chi connectivity index (χ0n) is 7.82. The molecule has 3 unspecified atom stereocenters. The minimum atomic E-state index is -0.0900. The van der Waals surface area contributed by atoms with Gasteiger partial charge in [0.25, 0.3) is 0 Å². The maximum absolute atomic E-state index is 9.75.